The van der Waals surface area contributed by atoms with E-state index >= 15 is 0 Å². The first kappa shape index (κ1) is 25.3. The van der Waals surface area contributed by atoms with Gasteiger partial charge in [0.2, 0.25) is 15.9 Å². The van der Waals surface area contributed by atoms with Crippen LogP contribution >= 0.6 is 0 Å². The average Bonchev–Trinajstić information content (AvgIpc) is 3.29. The normalized spacial score (nSPS) is 17.1. The number of aromatic amines is 1. The van der Waals surface area contributed by atoms with E-state index in [1.165, 1.54) is 21.3 Å². The molecule has 0 aromatic carbocycles. The van der Waals surface area contributed by atoms with Crippen LogP contribution in [0.3, 0.4) is 0 Å². The second-order valence-electron chi connectivity index (χ2n) is 9.00. The number of nitrogens with zero attached hydrogens (tertiary/aromatic N) is 6. The molecule has 3 aromatic heterocycles. The van der Waals surface area contributed by atoms with E-state index in [0.717, 1.165) is 19.4 Å². The molecule has 0 aliphatic carbocycles. The third-order valence-corrected chi connectivity index (χ3v) is 8.52. The second-order valence-corrected chi connectivity index (χ2v) is 10.9. The number of unbranched alkanes of at least 4 members (excludes halogenated alkanes) is 1. The maximum Gasteiger partial charge on any atom is 0.279 e. The minimum absolute atomic E-state index is 0.0205. The lowest BCUT2D eigenvalue weighted by molar-refractivity contribution is 0.0926. The topological polar surface area (TPSA) is 155 Å². The number of carbonyl (C=O) groups excluding carboxylic acids is 1. The van der Waals surface area contributed by atoms with E-state index in [-0.39, 0.29) is 44.8 Å². The predicted molar refractivity (Wildman–Crippen MR) is 135 cm³/mol. The van der Waals surface area contributed by atoms with E-state index < -0.39 is 15.6 Å². The molecule has 5 rings (SSSR count). The summed E-state index contributed by atoms with van der Waals surface area (Å²) in [7, 11) is -3.84. The Hall–Kier alpha value is -3.36. The molecule has 0 atom stereocenters. The van der Waals surface area contributed by atoms with Crippen LogP contribution in [-0.2, 0) is 16.6 Å². The minimum atomic E-state index is -3.84. The van der Waals surface area contributed by atoms with E-state index in [9.17, 15) is 18.0 Å². The summed E-state index contributed by atoms with van der Waals surface area (Å²) < 4.78 is 35.7. The van der Waals surface area contributed by atoms with Crippen molar-refractivity contribution in [1.29, 1.82) is 0 Å². The number of piperazine rings is 1. The summed E-state index contributed by atoms with van der Waals surface area (Å²) in [6, 6.07) is 1.43. The molecule has 0 saturated carbocycles. The highest BCUT2D eigenvalue weighted by Gasteiger charge is 2.30. The van der Waals surface area contributed by atoms with Crippen molar-refractivity contribution in [3.05, 3.63) is 28.3 Å². The Morgan fingerprint density at radius 2 is 1.86 bits per heavy atom. The zero-order chi connectivity index (χ0) is 26.2. The number of rotatable bonds is 8. The number of sulfonamides is 1. The number of ether oxygens (including phenoxy) is 1. The quantitative estimate of drug-likeness (QED) is 0.394. The number of likely N-dealkylation sites (N-methyl/N-ethyl adjacent to an activating group) is 1. The summed E-state index contributed by atoms with van der Waals surface area (Å²) in [4.78, 5) is 39.2. The number of hydrogen-bond acceptors (Lipinski definition) is 9. The van der Waals surface area contributed by atoms with Gasteiger partial charge in [-0.2, -0.15) is 9.40 Å². The molecular weight excluding hydrogens is 500 g/mol. The molecule has 1 amide bonds. The van der Waals surface area contributed by atoms with Crippen molar-refractivity contribution in [2.75, 3.05) is 45.9 Å². The molecule has 2 N–H and O–H groups in total. The molecule has 2 aliphatic heterocycles. The lowest BCUT2D eigenvalue weighted by Crippen LogP contribution is -2.48. The third-order valence-electron chi connectivity index (χ3n) is 6.66. The van der Waals surface area contributed by atoms with Gasteiger partial charge in [-0.15, -0.1) is 0 Å². The van der Waals surface area contributed by atoms with Crippen molar-refractivity contribution in [2.45, 2.75) is 38.1 Å². The van der Waals surface area contributed by atoms with Crippen molar-refractivity contribution < 1.29 is 17.9 Å². The largest absolute Gasteiger partial charge is 0.477 e. The van der Waals surface area contributed by atoms with Crippen molar-refractivity contribution in [3.8, 4) is 17.3 Å². The van der Waals surface area contributed by atoms with E-state index in [4.69, 9.17) is 4.74 Å². The Labute approximate surface area is 213 Å². The smallest absolute Gasteiger partial charge is 0.279 e. The zero-order valence-corrected chi connectivity index (χ0v) is 21.7. The van der Waals surface area contributed by atoms with Crippen LogP contribution in [0.1, 0.15) is 37.2 Å². The van der Waals surface area contributed by atoms with Crippen molar-refractivity contribution in [1.82, 2.24) is 39.3 Å². The van der Waals surface area contributed by atoms with Crippen molar-refractivity contribution >= 4 is 27.0 Å². The fourth-order valence-electron chi connectivity index (χ4n) is 4.50. The predicted octanol–water partition coefficient (Wildman–Crippen LogP) is 0.430. The first-order valence-corrected chi connectivity index (χ1v) is 13.9. The van der Waals surface area contributed by atoms with Gasteiger partial charge in [0, 0.05) is 32.7 Å². The molecule has 198 valence electrons. The standard InChI is InChI=1S/C23H30N8O5S/c1-3-5-12-36-23-16(13-15(14-25-23)37(34,35)30-10-8-29(4-2)9-11-30)20-26-17-18(21(32)27-20)28-31-7-6-24-22(33)19(17)31/h13-14H,3-12H2,1-2H3,(H,24,33)(H,26,27,32). The molecule has 13 nitrogen and oxygen atoms in total. The molecule has 14 heteroatoms. The molecule has 0 spiro atoms. The molecule has 5 heterocycles. The lowest BCUT2D eigenvalue weighted by Gasteiger charge is -2.33. The van der Waals surface area contributed by atoms with Crippen LogP contribution in [0.5, 0.6) is 5.88 Å². The zero-order valence-electron chi connectivity index (χ0n) is 20.9. The van der Waals surface area contributed by atoms with Gasteiger partial charge < -0.3 is 19.9 Å². The van der Waals surface area contributed by atoms with Crippen LogP contribution in [0.4, 0.5) is 0 Å². The molecule has 1 fully saturated rings. The van der Waals surface area contributed by atoms with Gasteiger partial charge >= 0.3 is 0 Å². The van der Waals surface area contributed by atoms with Crippen LogP contribution in [0, 0.1) is 0 Å². The SMILES string of the molecule is CCCCOc1ncc(S(=O)(=O)N2CCN(CC)CC2)cc1-c1nc2c3n(nc2c(=O)[nH]1)CCNC3=O. The molecule has 1 saturated heterocycles. The van der Waals surface area contributed by atoms with Gasteiger partial charge in [0.1, 0.15) is 16.2 Å². The third kappa shape index (κ3) is 4.71. The summed E-state index contributed by atoms with van der Waals surface area (Å²) in [5.74, 6) is -0.174. The van der Waals surface area contributed by atoms with Crippen LogP contribution in [0.2, 0.25) is 0 Å². The molecule has 37 heavy (non-hydrogen) atoms. The average molecular weight is 531 g/mol. The number of amides is 1. The summed E-state index contributed by atoms with van der Waals surface area (Å²) in [5, 5.41) is 6.98. The number of carbonyl (C=O) groups is 1. The maximum absolute atomic E-state index is 13.5. The van der Waals surface area contributed by atoms with Gasteiger partial charge in [-0.1, -0.05) is 20.3 Å². The fraction of sp³-hybridized carbons (Fsp3) is 0.522. The van der Waals surface area contributed by atoms with Gasteiger partial charge in [0.15, 0.2) is 11.2 Å². The number of aromatic nitrogens is 5. The molecule has 0 bridgehead atoms. The van der Waals surface area contributed by atoms with Gasteiger partial charge in [-0.05, 0) is 19.0 Å². The number of nitrogens with one attached hydrogen (secondary N) is 2. The summed E-state index contributed by atoms with van der Waals surface area (Å²) >= 11 is 0. The Morgan fingerprint density at radius 3 is 2.59 bits per heavy atom. The minimum Gasteiger partial charge on any atom is -0.477 e. The van der Waals surface area contributed by atoms with Crippen LogP contribution in [0.25, 0.3) is 22.4 Å². The Balaban J connectivity index is 1.60. The molecular formula is C23H30N8O5S. The van der Waals surface area contributed by atoms with Crippen LogP contribution < -0.4 is 15.6 Å². The van der Waals surface area contributed by atoms with Gasteiger partial charge in [0.25, 0.3) is 11.5 Å². The Bertz CT molecular complexity index is 1490. The highest BCUT2D eigenvalue weighted by atomic mass is 32.2. The van der Waals surface area contributed by atoms with Crippen LogP contribution in [0.15, 0.2) is 22.0 Å². The van der Waals surface area contributed by atoms with Crippen LogP contribution in [-0.4, -0.2) is 94.1 Å². The summed E-state index contributed by atoms with van der Waals surface area (Å²) in [5.41, 5.74) is 0.0412. The molecule has 2 aliphatic rings. The van der Waals surface area contributed by atoms with E-state index in [1.54, 1.807) is 0 Å². The first-order chi connectivity index (χ1) is 17.8. The maximum atomic E-state index is 13.5. The van der Waals surface area contributed by atoms with Gasteiger partial charge in [0.05, 0.1) is 24.9 Å². The number of fused-ring (bicyclic) bond motifs is 3. The van der Waals surface area contributed by atoms with E-state index in [0.29, 0.717) is 45.9 Å². The first-order valence-electron chi connectivity index (χ1n) is 12.5. The number of H-pyrrole nitrogens is 1. The molecule has 0 unspecified atom stereocenters. The van der Waals surface area contributed by atoms with Gasteiger partial charge in [-0.3, -0.25) is 14.3 Å². The number of pyridine rings is 1. The highest BCUT2D eigenvalue weighted by Crippen LogP contribution is 2.30. The monoisotopic (exact) mass is 530 g/mol. The van der Waals surface area contributed by atoms with Gasteiger partial charge in [-0.25, -0.2) is 18.4 Å². The second kappa shape index (κ2) is 10.2. The number of hydrogen-bond donors (Lipinski definition) is 2. The van der Waals surface area contributed by atoms with E-state index in [2.05, 4.69) is 30.3 Å². The summed E-state index contributed by atoms with van der Waals surface area (Å²) in [6.45, 7) is 8.15. The van der Waals surface area contributed by atoms with E-state index in [1.807, 2.05) is 13.8 Å². The van der Waals surface area contributed by atoms with Crippen molar-refractivity contribution in [2.24, 2.45) is 0 Å². The Kier molecular flexibility index (Phi) is 6.96. The molecule has 0 radical (unpaired) electrons. The lowest BCUT2D eigenvalue weighted by atomic mass is 10.2. The highest BCUT2D eigenvalue weighted by molar-refractivity contribution is 7.89. The molecule has 3 aromatic rings. The Morgan fingerprint density at radius 1 is 1.08 bits per heavy atom. The fourth-order valence-corrected chi connectivity index (χ4v) is 5.89. The summed E-state index contributed by atoms with van der Waals surface area (Å²) in [6.07, 6.45) is 2.94. The van der Waals surface area contributed by atoms with Crippen molar-refractivity contribution in [3.63, 3.8) is 0 Å².